The molecule has 1 saturated heterocycles. The summed E-state index contributed by atoms with van der Waals surface area (Å²) in [6.45, 7) is 2.27. The zero-order chi connectivity index (χ0) is 11.4. The van der Waals surface area contributed by atoms with Crippen LogP contribution in [0.1, 0.15) is 25.5 Å². The molecule has 0 saturated carbocycles. The van der Waals surface area contributed by atoms with Crippen LogP contribution in [0, 0.1) is 0 Å². The van der Waals surface area contributed by atoms with Crippen LogP contribution in [0.2, 0.25) is 0 Å². The lowest BCUT2D eigenvalue weighted by molar-refractivity contribution is -0.146. The van der Waals surface area contributed by atoms with E-state index < -0.39 is 0 Å². The summed E-state index contributed by atoms with van der Waals surface area (Å²) in [4.78, 5) is 10.9. The Morgan fingerprint density at radius 1 is 1.69 bits per heavy atom. The number of piperidine rings is 1. The van der Waals surface area contributed by atoms with Crippen molar-refractivity contribution in [1.29, 1.82) is 0 Å². The van der Waals surface area contributed by atoms with E-state index in [9.17, 15) is 4.79 Å². The van der Waals surface area contributed by atoms with Crippen molar-refractivity contribution < 1.29 is 13.9 Å². The summed E-state index contributed by atoms with van der Waals surface area (Å²) in [5, 5.41) is 3.27. The molecule has 0 aromatic carbocycles. The van der Waals surface area contributed by atoms with Crippen LogP contribution in [-0.2, 0) is 9.53 Å². The number of nitrogens with one attached hydrogen (secondary N) is 1. The maximum Gasteiger partial charge on any atom is 0.302 e. The number of furan rings is 1. The van der Waals surface area contributed by atoms with Gasteiger partial charge < -0.3 is 14.5 Å². The molecule has 1 aromatic heterocycles. The molecule has 1 atom stereocenters. The number of esters is 1. The van der Waals surface area contributed by atoms with Gasteiger partial charge in [-0.3, -0.25) is 4.79 Å². The first-order valence-corrected chi connectivity index (χ1v) is 5.39. The third-order valence-corrected chi connectivity index (χ3v) is 2.46. The Kier molecular flexibility index (Phi) is 3.29. The molecule has 0 aliphatic carbocycles. The summed E-state index contributed by atoms with van der Waals surface area (Å²) in [6.07, 6.45) is 5.14. The van der Waals surface area contributed by atoms with Gasteiger partial charge in [0, 0.05) is 32.0 Å². The first-order valence-electron chi connectivity index (χ1n) is 5.39. The van der Waals surface area contributed by atoms with Crippen LogP contribution in [0.3, 0.4) is 0 Å². The maximum atomic E-state index is 10.9. The van der Waals surface area contributed by atoms with Crippen LogP contribution >= 0.6 is 0 Å². The van der Waals surface area contributed by atoms with E-state index in [0.717, 1.165) is 30.8 Å². The molecule has 1 fully saturated rings. The highest BCUT2D eigenvalue weighted by molar-refractivity contribution is 5.66. The second kappa shape index (κ2) is 4.88. The van der Waals surface area contributed by atoms with E-state index in [1.165, 1.54) is 6.92 Å². The van der Waals surface area contributed by atoms with Gasteiger partial charge in [0.15, 0.2) is 0 Å². The lowest BCUT2D eigenvalue weighted by atomic mass is 10.1. The topological polar surface area (TPSA) is 51.5 Å². The minimum absolute atomic E-state index is 0.0139. The van der Waals surface area contributed by atoms with Crippen molar-refractivity contribution in [2.75, 3.05) is 6.54 Å². The summed E-state index contributed by atoms with van der Waals surface area (Å²) in [5.41, 5.74) is 1.05. The molecule has 1 N–H and O–H groups in total. The fraction of sp³-hybridized carbons (Fsp3) is 0.417. The average Bonchev–Trinajstić information content (AvgIpc) is 2.70. The SMILES string of the molecule is CC(=O)OC1CCNC(=Cc2ccco2)C1. The summed E-state index contributed by atoms with van der Waals surface area (Å²) in [5.74, 6) is 0.593. The van der Waals surface area contributed by atoms with Crippen LogP contribution in [0.4, 0.5) is 0 Å². The van der Waals surface area contributed by atoms with Gasteiger partial charge in [-0.1, -0.05) is 0 Å². The maximum absolute atomic E-state index is 10.9. The molecular weight excluding hydrogens is 206 g/mol. The smallest absolute Gasteiger partial charge is 0.302 e. The standard InChI is InChI=1S/C12H15NO3/c1-9(14)16-12-4-5-13-10(8-12)7-11-3-2-6-15-11/h2-3,6-7,12-13H,4-5,8H2,1H3. The third kappa shape index (κ3) is 2.89. The number of hydrogen-bond acceptors (Lipinski definition) is 4. The molecule has 0 radical (unpaired) electrons. The molecule has 2 rings (SSSR count). The molecule has 1 aromatic rings. The first kappa shape index (κ1) is 10.8. The Labute approximate surface area is 94.3 Å². The van der Waals surface area contributed by atoms with Gasteiger partial charge in [0.05, 0.1) is 6.26 Å². The second-order valence-corrected chi connectivity index (χ2v) is 3.84. The fourth-order valence-electron chi connectivity index (χ4n) is 1.80. The highest BCUT2D eigenvalue weighted by Crippen LogP contribution is 2.18. The van der Waals surface area contributed by atoms with Crippen molar-refractivity contribution in [3.8, 4) is 0 Å². The Bertz CT molecular complexity index is 381. The van der Waals surface area contributed by atoms with E-state index in [0.29, 0.717) is 0 Å². The summed E-state index contributed by atoms with van der Waals surface area (Å²) < 4.78 is 10.4. The molecular formula is C12H15NO3. The normalized spacial score (nSPS) is 22.8. The van der Waals surface area contributed by atoms with E-state index in [1.807, 2.05) is 18.2 Å². The highest BCUT2D eigenvalue weighted by atomic mass is 16.5. The lowest BCUT2D eigenvalue weighted by Gasteiger charge is -2.25. The number of ether oxygens (including phenoxy) is 1. The molecule has 0 bridgehead atoms. The number of hydrogen-bond donors (Lipinski definition) is 1. The predicted octanol–water partition coefficient (Wildman–Crippen LogP) is 1.94. The molecule has 1 unspecified atom stereocenters. The monoisotopic (exact) mass is 221 g/mol. The van der Waals surface area contributed by atoms with Crippen molar-refractivity contribution in [2.45, 2.75) is 25.9 Å². The Balaban J connectivity index is 1.99. The Morgan fingerprint density at radius 2 is 2.56 bits per heavy atom. The quantitative estimate of drug-likeness (QED) is 0.775. The van der Waals surface area contributed by atoms with Gasteiger partial charge in [-0.05, 0) is 18.2 Å². The first-order chi connectivity index (χ1) is 7.74. The molecule has 16 heavy (non-hydrogen) atoms. The minimum Gasteiger partial charge on any atom is -0.465 e. The average molecular weight is 221 g/mol. The second-order valence-electron chi connectivity index (χ2n) is 3.84. The largest absolute Gasteiger partial charge is 0.465 e. The van der Waals surface area contributed by atoms with E-state index in [-0.39, 0.29) is 12.1 Å². The van der Waals surface area contributed by atoms with Crippen LogP contribution in [0.15, 0.2) is 28.5 Å². The van der Waals surface area contributed by atoms with Gasteiger partial charge in [0.25, 0.3) is 0 Å². The van der Waals surface area contributed by atoms with Crippen molar-refractivity contribution in [3.63, 3.8) is 0 Å². The zero-order valence-electron chi connectivity index (χ0n) is 9.23. The molecule has 2 heterocycles. The third-order valence-electron chi connectivity index (χ3n) is 2.46. The molecule has 1 aliphatic rings. The molecule has 86 valence electrons. The minimum atomic E-state index is -0.218. The summed E-state index contributed by atoms with van der Waals surface area (Å²) >= 11 is 0. The molecule has 4 nitrogen and oxygen atoms in total. The van der Waals surface area contributed by atoms with E-state index in [1.54, 1.807) is 6.26 Å². The van der Waals surface area contributed by atoms with Crippen LogP contribution in [-0.4, -0.2) is 18.6 Å². The van der Waals surface area contributed by atoms with Gasteiger partial charge in [-0.15, -0.1) is 0 Å². The Morgan fingerprint density at radius 3 is 3.25 bits per heavy atom. The van der Waals surface area contributed by atoms with E-state index in [2.05, 4.69) is 5.32 Å². The van der Waals surface area contributed by atoms with Crippen LogP contribution in [0.5, 0.6) is 0 Å². The van der Waals surface area contributed by atoms with E-state index in [4.69, 9.17) is 9.15 Å². The predicted molar refractivity (Wildman–Crippen MR) is 59.5 cm³/mol. The summed E-state index contributed by atoms with van der Waals surface area (Å²) in [7, 11) is 0. The van der Waals surface area contributed by atoms with Gasteiger partial charge in [0.2, 0.25) is 0 Å². The number of carbonyl (C=O) groups excluding carboxylic acids is 1. The van der Waals surface area contributed by atoms with Gasteiger partial charge in [0.1, 0.15) is 11.9 Å². The van der Waals surface area contributed by atoms with Crippen molar-refractivity contribution in [1.82, 2.24) is 5.32 Å². The van der Waals surface area contributed by atoms with Gasteiger partial charge >= 0.3 is 5.97 Å². The van der Waals surface area contributed by atoms with E-state index >= 15 is 0 Å². The van der Waals surface area contributed by atoms with Crippen molar-refractivity contribution in [3.05, 3.63) is 29.9 Å². The summed E-state index contributed by atoms with van der Waals surface area (Å²) in [6, 6.07) is 3.74. The molecule has 4 heteroatoms. The number of rotatable bonds is 2. The Hall–Kier alpha value is -1.71. The molecule has 0 spiro atoms. The number of carbonyl (C=O) groups is 1. The fourth-order valence-corrected chi connectivity index (χ4v) is 1.80. The zero-order valence-corrected chi connectivity index (χ0v) is 9.23. The van der Waals surface area contributed by atoms with Crippen LogP contribution < -0.4 is 5.32 Å². The van der Waals surface area contributed by atoms with Gasteiger partial charge in [-0.2, -0.15) is 0 Å². The lowest BCUT2D eigenvalue weighted by Crippen LogP contribution is -2.31. The highest BCUT2D eigenvalue weighted by Gasteiger charge is 2.19. The molecule has 0 amide bonds. The molecule has 1 aliphatic heterocycles. The van der Waals surface area contributed by atoms with Crippen molar-refractivity contribution >= 4 is 12.0 Å². The van der Waals surface area contributed by atoms with Gasteiger partial charge in [-0.25, -0.2) is 0 Å². The van der Waals surface area contributed by atoms with Crippen molar-refractivity contribution in [2.24, 2.45) is 0 Å². The van der Waals surface area contributed by atoms with Crippen LogP contribution in [0.25, 0.3) is 6.08 Å².